The van der Waals surface area contributed by atoms with Gasteiger partial charge in [-0.15, -0.1) is 11.3 Å². The largest absolute Gasteiger partial charge is 0.322 e. The average Bonchev–Trinajstić information content (AvgIpc) is 3.31. The van der Waals surface area contributed by atoms with E-state index in [0.29, 0.717) is 6.54 Å². The third-order valence-electron chi connectivity index (χ3n) is 4.20. The van der Waals surface area contributed by atoms with E-state index in [1.54, 1.807) is 23.3 Å². The summed E-state index contributed by atoms with van der Waals surface area (Å²) in [7, 11) is 1.76. The van der Waals surface area contributed by atoms with Crippen molar-refractivity contribution in [2.45, 2.75) is 40.3 Å². The van der Waals surface area contributed by atoms with Gasteiger partial charge in [-0.2, -0.15) is 10.2 Å². The van der Waals surface area contributed by atoms with Crippen molar-refractivity contribution in [1.29, 1.82) is 0 Å². The van der Waals surface area contributed by atoms with E-state index in [1.807, 2.05) is 42.1 Å². The molecule has 0 radical (unpaired) electrons. The van der Waals surface area contributed by atoms with Crippen LogP contribution in [0.2, 0.25) is 0 Å². The number of hydrogen-bond donors (Lipinski definition) is 2. The Balaban J connectivity index is 1.67. The molecular formula is C18H24N6OS. The Kier molecular flexibility index (Phi) is 5.13. The standard InChI is InChI=1S/C18H24N6OS/c1-11(2)24-13(4)17(12(3)22-24)19-18(25)23(5)10-14-9-15(21-20-14)16-7-6-8-26-16/h6-9,11H,10H2,1-5H3,(H,19,25)(H,20,21). The Bertz CT molecular complexity index is 893. The minimum Gasteiger partial charge on any atom is -0.322 e. The van der Waals surface area contributed by atoms with Gasteiger partial charge in [-0.3, -0.25) is 9.78 Å². The van der Waals surface area contributed by atoms with Crippen LogP contribution >= 0.6 is 11.3 Å². The quantitative estimate of drug-likeness (QED) is 0.704. The van der Waals surface area contributed by atoms with Crippen molar-refractivity contribution in [2.24, 2.45) is 0 Å². The van der Waals surface area contributed by atoms with Crippen LogP contribution < -0.4 is 5.32 Å². The monoisotopic (exact) mass is 372 g/mol. The molecule has 0 unspecified atom stereocenters. The molecule has 8 heteroatoms. The highest BCUT2D eigenvalue weighted by molar-refractivity contribution is 7.13. The molecule has 3 heterocycles. The maximum Gasteiger partial charge on any atom is 0.322 e. The number of urea groups is 1. The predicted molar refractivity (Wildman–Crippen MR) is 104 cm³/mol. The first-order valence-electron chi connectivity index (χ1n) is 8.52. The zero-order chi connectivity index (χ0) is 18.8. The number of anilines is 1. The molecule has 0 aliphatic heterocycles. The van der Waals surface area contributed by atoms with Crippen molar-refractivity contribution in [3.63, 3.8) is 0 Å². The summed E-state index contributed by atoms with van der Waals surface area (Å²) in [5.74, 6) is 0. The first-order valence-corrected chi connectivity index (χ1v) is 9.40. The maximum absolute atomic E-state index is 12.6. The Labute approximate surface area is 157 Å². The SMILES string of the molecule is Cc1nn(C(C)C)c(C)c1NC(=O)N(C)Cc1cc(-c2cccs2)n[nH]1. The first kappa shape index (κ1) is 18.2. The van der Waals surface area contributed by atoms with Crippen LogP contribution in [0, 0.1) is 13.8 Å². The highest BCUT2D eigenvalue weighted by atomic mass is 32.1. The summed E-state index contributed by atoms with van der Waals surface area (Å²) >= 11 is 1.64. The molecule has 0 aliphatic carbocycles. The number of carbonyl (C=O) groups excluding carboxylic acids is 1. The van der Waals surface area contributed by atoms with Crippen molar-refractivity contribution < 1.29 is 4.79 Å². The van der Waals surface area contributed by atoms with Gasteiger partial charge < -0.3 is 10.2 Å². The van der Waals surface area contributed by atoms with E-state index in [1.165, 1.54) is 0 Å². The van der Waals surface area contributed by atoms with E-state index in [4.69, 9.17) is 0 Å². The number of amides is 2. The van der Waals surface area contributed by atoms with E-state index < -0.39 is 0 Å². The number of hydrogen-bond acceptors (Lipinski definition) is 4. The summed E-state index contributed by atoms with van der Waals surface area (Å²) in [6.45, 7) is 8.46. The average molecular weight is 372 g/mol. The molecular weight excluding hydrogens is 348 g/mol. The molecule has 0 aromatic carbocycles. The highest BCUT2D eigenvalue weighted by Gasteiger charge is 2.18. The predicted octanol–water partition coefficient (Wildman–Crippen LogP) is 4.20. The van der Waals surface area contributed by atoms with E-state index in [0.717, 1.165) is 33.3 Å². The molecule has 0 saturated heterocycles. The van der Waals surface area contributed by atoms with Crippen LogP contribution in [0.25, 0.3) is 10.6 Å². The number of nitrogens with one attached hydrogen (secondary N) is 2. The molecule has 3 aromatic heterocycles. The van der Waals surface area contributed by atoms with Crippen LogP contribution in [0.1, 0.15) is 37.0 Å². The Morgan fingerprint density at radius 3 is 2.81 bits per heavy atom. The van der Waals surface area contributed by atoms with E-state index in [2.05, 4.69) is 34.5 Å². The number of aryl methyl sites for hydroxylation is 1. The lowest BCUT2D eigenvalue weighted by Crippen LogP contribution is -2.31. The van der Waals surface area contributed by atoms with Crippen LogP contribution in [-0.4, -0.2) is 38.0 Å². The Morgan fingerprint density at radius 2 is 2.19 bits per heavy atom. The van der Waals surface area contributed by atoms with Crippen molar-refractivity contribution >= 4 is 23.1 Å². The molecule has 7 nitrogen and oxygen atoms in total. The number of thiophene rings is 1. The van der Waals surface area contributed by atoms with Crippen molar-refractivity contribution in [2.75, 3.05) is 12.4 Å². The second-order valence-electron chi connectivity index (χ2n) is 6.63. The van der Waals surface area contributed by atoms with E-state index in [-0.39, 0.29) is 12.1 Å². The number of nitrogens with zero attached hydrogens (tertiary/aromatic N) is 4. The lowest BCUT2D eigenvalue weighted by molar-refractivity contribution is 0.220. The summed E-state index contributed by atoms with van der Waals surface area (Å²) in [6, 6.07) is 6.07. The number of rotatable bonds is 5. The number of aromatic nitrogens is 4. The lowest BCUT2D eigenvalue weighted by Gasteiger charge is -2.17. The minimum atomic E-state index is -0.174. The summed E-state index contributed by atoms with van der Waals surface area (Å²) in [5.41, 5.74) is 4.34. The summed E-state index contributed by atoms with van der Waals surface area (Å²) in [4.78, 5) is 15.3. The van der Waals surface area contributed by atoms with Crippen molar-refractivity contribution in [3.8, 4) is 10.6 Å². The van der Waals surface area contributed by atoms with E-state index in [9.17, 15) is 4.79 Å². The molecule has 2 N–H and O–H groups in total. The van der Waals surface area contributed by atoms with E-state index >= 15 is 0 Å². The second kappa shape index (κ2) is 7.33. The summed E-state index contributed by atoms with van der Waals surface area (Å²) in [6.07, 6.45) is 0. The molecule has 0 aliphatic rings. The molecule has 0 spiro atoms. The highest BCUT2D eigenvalue weighted by Crippen LogP contribution is 2.24. The molecule has 26 heavy (non-hydrogen) atoms. The zero-order valence-electron chi connectivity index (χ0n) is 15.7. The fourth-order valence-corrected chi connectivity index (χ4v) is 3.56. The second-order valence-corrected chi connectivity index (χ2v) is 7.57. The fourth-order valence-electron chi connectivity index (χ4n) is 2.87. The summed E-state index contributed by atoms with van der Waals surface area (Å²) in [5, 5.41) is 16.8. The summed E-state index contributed by atoms with van der Waals surface area (Å²) < 4.78 is 1.92. The number of H-pyrrole nitrogens is 1. The number of carbonyl (C=O) groups is 1. The smallest absolute Gasteiger partial charge is 0.322 e. The van der Waals surface area contributed by atoms with Crippen molar-refractivity contribution in [3.05, 3.63) is 40.7 Å². The molecule has 0 bridgehead atoms. The van der Waals surface area contributed by atoms with Crippen LogP contribution in [0.15, 0.2) is 23.6 Å². The van der Waals surface area contributed by atoms with Gasteiger partial charge in [0.05, 0.1) is 34.2 Å². The molecule has 2 amide bonds. The van der Waals surface area contributed by atoms with Gasteiger partial charge >= 0.3 is 6.03 Å². The Hall–Kier alpha value is -2.61. The molecule has 0 atom stereocenters. The maximum atomic E-state index is 12.6. The van der Waals surface area contributed by atoms with Gasteiger partial charge in [0.15, 0.2) is 0 Å². The van der Waals surface area contributed by atoms with Crippen LogP contribution in [0.3, 0.4) is 0 Å². The van der Waals surface area contributed by atoms with Crippen LogP contribution in [-0.2, 0) is 6.54 Å². The first-order chi connectivity index (χ1) is 12.4. The van der Waals surface area contributed by atoms with Gasteiger partial charge in [0.1, 0.15) is 5.69 Å². The Morgan fingerprint density at radius 1 is 1.42 bits per heavy atom. The zero-order valence-corrected chi connectivity index (χ0v) is 16.5. The molecule has 3 aromatic rings. The number of aromatic amines is 1. The molecule has 3 rings (SSSR count). The topological polar surface area (TPSA) is 78.8 Å². The molecule has 138 valence electrons. The third-order valence-corrected chi connectivity index (χ3v) is 5.10. The van der Waals surface area contributed by atoms with Gasteiger partial charge in [-0.1, -0.05) is 6.07 Å². The van der Waals surface area contributed by atoms with Gasteiger partial charge in [0.25, 0.3) is 0 Å². The molecule has 0 saturated carbocycles. The van der Waals surface area contributed by atoms with Crippen LogP contribution in [0.5, 0.6) is 0 Å². The van der Waals surface area contributed by atoms with Gasteiger partial charge in [-0.05, 0) is 45.2 Å². The van der Waals surface area contributed by atoms with Gasteiger partial charge in [0.2, 0.25) is 0 Å². The van der Waals surface area contributed by atoms with Gasteiger partial charge in [-0.25, -0.2) is 4.79 Å². The molecule has 0 fully saturated rings. The minimum absolute atomic E-state index is 0.174. The fraction of sp³-hybridized carbons (Fsp3) is 0.389. The third kappa shape index (κ3) is 3.65. The normalized spacial score (nSPS) is 11.2. The lowest BCUT2D eigenvalue weighted by atomic mass is 10.3. The van der Waals surface area contributed by atoms with Gasteiger partial charge in [0, 0.05) is 13.1 Å². The van der Waals surface area contributed by atoms with Crippen LogP contribution in [0.4, 0.5) is 10.5 Å². The van der Waals surface area contributed by atoms with Crippen molar-refractivity contribution in [1.82, 2.24) is 24.9 Å².